The second-order valence-corrected chi connectivity index (χ2v) is 6.97. The number of hydrogen-bond acceptors (Lipinski definition) is 4. The highest BCUT2D eigenvalue weighted by Crippen LogP contribution is 2.25. The molecule has 0 aromatic carbocycles. The molecular weight excluding hydrogens is 242 g/mol. The fourth-order valence-corrected chi connectivity index (χ4v) is 4.01. The van der Waals surface area contributed by atoms with Crippen LogP contribution in [0.2, 0.25) is 0 Å². The Morgan fingerprint density at radius 1 is 1.24 bits per heavy atom. The maximum atomic E-state index is 11.9. The Balaban J connectivity index is 1.77. The highest BCUT2D eigenvalue weighted by molar-refractivity contribution is 7.90. The van der Waals surface area contributed by atoms with Gasteiger partial charge in [0.2, 0.25) is 10.0 Å². The van der Waals surface area contributed by atoms with Gasteiger partial charge in [0, 0.05) is 13.0 Å². The molecule has 2 rings (SSSR count). The number of sulfonamides is 1. The summed E-state index contributed by atoms with van der Waals surface area (Å²) in [4.78, 5) is 0. The third-order valence-electron chi connectivity index (χ3n) is 3.52. The normalized spacial score (nSPS) is 25.5. The SMILES string of the molecule is CC1(CCNS(=O)(=O)C2CCCC2)OCCO1. The summed E-state index contributed by atoms with van der Waals surface area (Å²) in [5.41, 5.74) is 0. The van der Waals surface area contributed by atoms with Gasteiger partial charge in [-0.15, -0.1) is 0 Å². The summed E-state index contributed by atoms with van der Waals surface area (Å²) in [6.45, 7) is 3.41. The molecule has 0 aromatic rings. The minimum absolute atomic E-state index is 0.194. The van der Waals surface area contributed by atoms with Gasteiger partial charge >= 0.3 is 0 Å². The third-order valence-corrected chi connectivity index (χ3v) is 5.48. The van der Waals surface area contributed by atoms with E-state index in [9.17, 15) is 8.42 Å². The number of nitrogens with one attached hydrogen (secondary N) is 1. The van der Waals surface area contributed by atoms with E-state index in [1.807, 2.05) is 6.92 Å². The van der Waals surface area contributed by atoms with Gasteiger partial charge in [0.05, 0.1) is 18.5 Å². The first-order valence-electron chi connectivity index (χ1n) is 6.28. The van der Waals surface area contributed by atoms with E-state index in [4.69, 9.17) is 9.47 Å². The van der Waals surface area contributed by atoms with Gasteiger partial charge in [0.25, 0.3) is 0 Å². The number of rotatable bonds is 5. The molecule has 1 saturated heterocycles. The van der Waals surface area contributed by atoms with Gasteiger partial charge in [-0.2, -0.15) is 0 Å². The second kappa shape index (κ2) is 5.22. The lowest BCUT2D eigenvalue weighted by Crippen LogP contribution is -2.37. The van der Waals surface area contributed by atoms with Crippen LogP contribution in [0.25, 0.3) is 0 Å². The Labute approximate surface area is 103 Å². The molecule has 5 nitrogen and oxygen atoms in total. The Morgan fingerprint density at radius 3 is 2.41 bits per heavy atom. The zero-order chi connectivity index (χ0) is 12.4. The lowest BCUT2D eigenvalue weighted by Gasteiger charge is -2.22. The van der Waals surface area contributed by atoms with Crippen molar-refractivity contribution in [3.05, 3.63) is 0 Å². The van der Waals surface area contributed by atoms with Crippen LogP contribution in [0, 0.1) is 0 Å². The van der Waals surface area contributed by atoms with Crippen LogP contribution in [0.3, 0.4) is 0 Å². The van der Waals surface area contributed by atoms with Crippen LogP contribution in [-0.4, -0.2) is 39.2 Å². The van der Waals surface area contributed by atoms with Crippen LogP contribution in [0.15, 0.2) is 0 Å². The van der Waals surface area contributed by atoms with Gasteiger partial charge in [-0.3, -0.25) is 0 Å². The Morgan fingerprint density at radius 2 is 1.82 bits per heavy atom. The van der Waals surface area contributed by atoms with E-state index in [0.29, 0.717) is 26.2 Å². The van der Waals surface area contributed by atoms with Crippen LogP contribution in [0.5, 0.6) is 0 Å². The van der Waals surface area contributed by atoms with Crippen molar-refractivity contribution in [2.45, 2.75) is 50.1 Å². The highest BCUT2D eigenvalue weighted by Gasteiger charge is 2.32. The van der Waals surface area contributed by atoms with Crippen LogP contribution in [-0.2, 0) is 19.5 Å². The zero-order valence-electron chi connectivity index (χ0n) is 10.3. The molecule has 1 aliphatic heterocycles. The highest BCUT2D eigenvalue weighted by atomic mass is 32.2. The average Bonchev–Trinajstić information content (AvgIpc) is 2.88. The lowest BCUT2D eigenvalue weighted by molar-refractivity contribution is -0.145. The zero-order valence-corrected chi connectivity index (χ0v) is 11.1. The fraction of sp³-hybridized carbons (Fsp3) is 1.00. The largest absolute Gasteiger partial charge is 0.348 e. The molecule has 6 heteroatoms. The van der Waals surface area contributed by atoms with Crippen molar-refractivity contribution in [1.29, 1.82) is 0 Å². The van der Waals surface area contributed by atoms with E-state index in [1.165, 1.54) is 0 Å². The summed E-state index contributed by atoms with van der Waals surface area (Å²) < 4.78 is 37.3. The average molecular weight is 263 g/mol. The van der Waals surface area contributed by atoms with Crippen molar-refractivity contribution < 1.29 is 17.9 Å². The molecule has 1 heterocycles. The van der Waals surface area contributed by atoms with Crippen LogP contribution in [0.1, 0.15) is 39.0 Å². The predicted molar refractivity (Wildman–Crippen MR) is 64.1 cm³/mol. The quantitative estimate of drug-likeness (QED) is 0.803. The molecule has 17 heavy (non-hydrogen) atoms. The van der Waals surface area contributed by atoms with Crippen molar-refractivity contribution in [3.8, 4) is 0 Å². The standard InChI is InChI=1S/C11H21NO4S/c1-11(15-8-9-16-11)6-7-12-17(13,14)10-4-2-3-5-10/h10,12H,2-9H2,1H3. The molecule has 1 N–H and O–H groups in total. The van der Waals surface area contributed by atoms with Crippen LogP contribution in [0.4, 0.5) is 0 Å². The van der Waals surface area contributed by atoms with E-state index in [1.54, 1.807) is 0 Å². The molecule has 2 aliphatic rings. The monoisotopic (exact) mass is 263 g/mol. The Bertz CT molecular complexity index is 342. The van der Waals surface area contributed by atoms with Crippen molar-refractivity contribution in [3.63, 3.8) is 0 Å². The minimum atomic E-state index is -3.14. The van der Waals surface area contributed by atoms with Crippen molar-refractivity contribution >= 4 is 10.0 Å². The van der Waals surface area contributed by atoms with E-state index in [0.717, 1.165) is 25.7 Å². The smallest absolute Gasteiger partial charge is 0.214 e. The third kappa shape index (κ3) is 3.40. The van der Waals surface area contributed by atoms with Gasteiger partial charge in [0.15, 0.2) is 5.79 Å². The fourth-order valence-electron chi connectivity index (χ4n) is 2.44. The summed E-state index contributed by atoms with van der Waals surface area (Å²) >= 11 is 0. The first-order chi connectivity index (χ1) is 8.02. The lowest BCUT2D eigenvalue weighted by atomic mass is 10.2. The summed E-state index contributed by atoms with van der Waals surface area (Å²) in [6, 6.07) is 0. The second-order valence-electron chi connectivity index (χ2n) is 4.93. The van der Waals surface area contributed by atoms with Crippen molar-refractivity contribution in [2.75, 3.05) is 19.8 Å². The maximum absolute atomic E-state index is 11.9. The molecular formula is C11H21NO4S. The summed E-state index contributed by atoms with van der Waals surface area (Å²) in [5.74, 6) is -0.613. The first kappa shape index (κ1) is 13.3. The molecule has 0 radical (unpaired) electrons. The molecule has 0 bridgehead atoms. The molecule has 1 aliphatic carbocycles. The molecule has 0 spiro atoms. The van der Waals surface area contributed by atoms with Crippen LogP contribution < -0.4 is 4.72 Å². The van der Waals surface area contributed by atoms with Gasteiger partial charge in [0.1, 0.15) is 0 Å². The van der Waals surface area contributed by atoms with Gasteiger partial charge in [-0.1, -0.05) is 12.8 Å². The maximum Gasteiger partial charge on any atom is 0.214 e. The summed E-state index contributed by atoms with van der Waals surface area (Å²) in [7, 11) is -3.14. The predicted octanol–water partition coefficient (Wildman–Crippen LogP) is 1.00. The summed E-state index contributed by atoms with van der Waals surface area (Å²) in [6.07, 6.45) is 4.18. The van der Waals surface area contributed by atoms with E-state index < -0.39 is 15.8 Å². The minimum Gasteiger partial charge on any atom is -0.348 e. The molecule has 100 valence electrons. The van der Waals surface area contributed by atoms with Crippen molar-refractivity contribution in [2.24, 2.45) is 0 Å². The molecule has 0 unspecified atom stereocenters. The van der Waals surface area contributed by atoms with Gasteiger partial charge in [-0.25, -0.2) is 13.1 Å². The Hall–Kier alpha value is -0.170. The van der Waals surface area contributed by atoms with Crippen molar-refractivity contribution in [1.82, 2.24) is 4.72 Å². The molecule has 2 fully saturated rings. The number of ether oxygens (including phenoxy) is 2. The summed E-state index contributed by atoms with van der Waals surface area (Å²) in [5, 5.41) is -0.194. The van der Waals surface area contributed by atoms with Crippen LogP contribution >= 0.6 is 0 Å². The van der Waals surface area contributed by atoms with E-state index >= 15 is 0 Å². The van der Waals surface area contributed by atoms with Gasteiger partial charge in [-0.05, 0) is 19.8 Å². The molecule has 0 aromatic heterocycles. The molecule has 1 saturated carbocycles. The first-order valence-corrected chi connectivity index (χ1v) is 7.83. The van der Waals surface area contributed by atoms with E-state index in [-0.39, 0.29) is 5.25 Å². The molecule has 0 amide bonds. The molecule has 0 atom stereocenters. The number of hydrogen-bond donors (Lipinski definition) is 1. The van der Waals surface area contributed by atoms with E-state index in [2.05, 4.69) is 4.72 Å². The topological polar surface area (TPSA) is 64.6 Å². The Kier molecular flexibility index (Phi) is 4.07. The van der Waals surface area contributed by atoms with Gasteiger partial charge < -0.3 is 9.47 Å².